The lowest BCUT2D eigenvalue weighted by Gasteiger charge is -2.18. The summed E-state index contributed by atoms with van der Waals surface area (Å²) in [5.74, 6) is 0.503. The number of nitrogens with one attached hydrogen (secondary N) is 1. The summed E-state index contributed by atoms with van der Waals surface area (Å²) in [6.07, 6.45) is 1.46. The molecule has 0 fully saturated rings. The summed E-state index contributed by atoms with van der Waals surface area (Å²) in [4.78, 5) is 8.24. The number of methoxy groups -OCH3 is 1. The molecule has 1 N–H and O–H groups in total. The highest BCUT2D eigenvalue weighted by molar-refractivity contribution is 6.33. The molecule has 19 heavy (non-hydrogen) atoms. The second-order valence-electron chi connectivity index (χ2n) is 3.87. The van der Waals surface area contributed by atoms with Crippen LogP contribution < -0.4 is 10.1 Å². The third-order valence-electron chi connectivity index (χ3n) is 2.73. The van der Waals surface area contributed by atoms with E-state index in [1.807, 2.05) is 13.1 Å². The molecule has 1 aromatic heterocycles. The Kier molecular flexibility index (Phi) is 4.58. The monoisotopic (exact) mass is 297 g/mol. The topological polar surface area (TPSA) is 47.0 Å². The normalized spacial score (nSPS) is 12.2. The predicted molar refractivity (Wildman–Crippen MR) is 75.9 cm³/mol. The molecule has 0 amide bonds. The molecule has 0 spiro atoms. The van der Waals surface area contributed by atoms with Crippen molar-refractivity contribution in [3.05, 3.63) is 51.9 Å². The Morgan fingerprint density at radius 1 is 1.21 bits per heavy atom. The lowest BCUT2D eigenvalue weighted by atomic mass is 10.0. The summed E-state index contributed by atoms with van der Waals surface area (Å²) < 4.78 is 5.10. The molecule has 2 rings (SSSR count). The van der Waals surface area contributed by atoms with Gasteiger partial charge in [0, 0.05) is 16.1 Å². The molecule has 0 bridgehead atoms. The number of ether oxygens (including phenoxy) is 1. The van der Waals surface area contributed by atoms with Crippen molar-refractivity contribution < 1.29 is 4.74 Å². The average molecular weight is 298 g/mol. The maximum absolute atomic E-state index is 6.22. The highest BCUT2D eigenvalue weighted by Gasteiger charge is 2.17. The molecule has 1 unspecified atom stereocenters. The summed E-state index contributed by atoms with van der Waals surface area (Å²) >= 11 is 12.2. The number of benzene rings is 1. The van der Waals surface area contributed by atoms with Crippen LogP contribution in [0.15, 0.2) is 30.6 Å². The summed E-state index contributed by atoms with van der Waals surface area (Å²) in [5, 5.41) is 4.42. The molecule has 0 aliphatic heterocycles. The Morgan fingerprint density at radius 2 is 2.00 bits per heavy atom. The fourth-order valence-electron chi connectivity index (χ4n) is 1.82. The second-order valence-corrected chi connectivity index (χ2v) is 4.72. The van der Waals surface area contributed by atoms with E-state index in [1.54, 1.807) is 25.3 Å². The zero-order valence-electron chi connectivity index (χ0n) is 10.5. The Hall–Kier alpha value is -1.36. The maximum atomic E-state index is 6.22. The van der Waals surface area contributed by atoms with Gasteiger partial charge in [-0.25, -0.2) is 9.97 Å². The molecule has 0 saturated carbocycles. The van der Waals surface area contributed by atoms with E-state index >= 15 is 0 Å². The molecule has 4 nitrogen and oxygen atoms in total. The zero-order valence-corrected chi connectivity index (χ0v) is 12.0. The van der Waals surface area contributed by atoms with Crippen molar-refractivity contribution in [3.8, 4) is 5.88 Å². The molecule has 0 saturated heterocycles. The van der Waals surface area contributed by atoms with Gasteiger partial charge in [0.1, 0.15) is 6.33 Å². The molecule has 0 aliphatic carbocycles. The van der Waals surface area contributed by atoms with Crippen LogP contribution >= 0.6 is 23.2 Å². The lowest BCUT2D eigenvalue weighted by Crippen LogP contribution is -2.19. The van der Waals surface area contributed by atoms with Gasteiger partial charge in [0.25, 0.3) is 0 Å². The number of nitrogens with zero attached hydrogens (tertiary/aromatic N) is 2. The molecular weight excluding hydrogens is 285 g/mol. The summed E-state index contributed by atoms with van der Waals surface area (Å²) in [6, 6.07) is 6.92. The van der Waals surface area contributed by atoms with Crippen molar-refractivity contribution in [2.75, 3.05) is 14.2 Å². The molecule has 0 aliphatic rings. The van der Waals surface area contributed by atoms with Gasteiger partial charge in [0.05, 0.1) is 18.8 Å². The fourth-order valence-corrected chi connectivity index (χ4v) is 2.23. The van der Waals surface area contributed by atoms with Crippen LogP contribution in [0.4, 0.5) is 0 Å². The number of hydrogen-bond acceptors (Lipinski definition) is 4. The van der Waals surface area contributed by atoms with Gasteiger partial charge in [0.15, 0.2) is 0 Å². The van der Waals surface area contributed by atoms with E-state index in [9.17, 15) is 0 Å². The molecular formula is C13H13Cl2N3O. The maximum Gasteiger partial charge on any atom is 0.216 e. The Bertz CT molecular complexity index is 578. The van der Waals surface area contributed by atoms with Crippen molar-refractivity contribution in [1.82, 2.24) is 15.3 Å². The van der Waals surface area contributed by atoms with Gasteiger partial charge in [0.2, 0.25) is 5.88 Å². The first-order valence-corrected chi connectivity index (χ1v) is 6.39. The number of halogens is 2. The van der Waals surface area contributed by atoms with Gasteiger partial charge in [-0.2, -0.15) is 0 Å². The van der Waals surface area contributed by atoms with E-state index in [0.717, 1.165) is 11.3 Å². The highest BCUT2D eigenvalue weighted by atomic mass is 35.5. The van der Waals surface area contributed by atoms with Crippen LogP contribution in [0.25, 0.3) is 0 Å². The zero-order chi connectivity index (χ0) is 13.8. The van der Waals surface area contributed by atoms with Gasteiger partial charge < -0.3 is 10.1 Å². The van der Waals surface area contributed by atoms with Gasteiger partial charge in [-0.3, -0.25) is 0 Å². The molecule has 0 radical (unpaired) electrons. The highest BCUT2D eigenvalue weighted by Crippen LogP contribution is 2.30. The third kappa shape index (κ3) is 3.15. The van der Waals surface area contributed by atoms with Crippen LogP contribution in [-0.2, 0) is 0 Å². The lowest BCUT2D eigenvalue weighted by molar-refractivity contribution is 0.395. The van der Waals surface area contributed by atoms with E-state index in [2.05, 4.69) is 15.3 Å². The van der Waals surface area contributed by atoms with Gasteiger partial charge >= 0.3 is 0 Å². The minimum absolute atomic E-state index is 0.178. The second kappa shape index (κ2) is 6.19. The van der Waals surface area contributed by atoms with E-state index in [0.29, 0.717) is 15.9 Å². The molecule has 6 heteroatoms. The van der Waals surface area contributed by atoms with Crippen LogP contribution in [0.5, 0.6) is 5.88 Å². The quantitative estimate of drug-likeness (QED) is 0.942. The van der Waals surface area contributed by atoms with E-state index in [1.165, 1.54) is 6.33 Å². The van der Waals surface area contributed by atoms with Crippen LogP contribution in [0.3, 0.4) is 0 Å². The predicted octanol–water partition coefficient (Wildman–Crippen LogP) is 3.10. The van der Waals surface area contributed by atoms with Gasteiger partial charge in [-0.05, 0) is 30.8 Å². The Morgan fingerprint density at radius 3 is 2.68 bits per heavy atom. The number of rotatable bonds is 4. The minimum Gasteiger partial charge on any atom is -0.481 e. The van der Waals surface area contributed by atoms with Gasteiger partial charge in [-0.15, -0.1) is 0 Å². The first kappa shape index (κ1) is 14.1. The summed E-state index contributed by atoms with van der Waals surface area (Å²) in [6.45, 7) is 0. The van der Waals surface area contributed by atoms with E-state index in [4.69, 9.17) is 27.9 Å². The van der Waals surface area contributed by atoms with Gasteiger partial charge in [-0.1, -0.05) is 23.2 Å². The summed E-state index contributed by atoms with van der Waals surface area (Å²) in [5.41, 5.74) is 1.62. The SMILES string of the molecule is CNC(c1cc(OC)ncn1)c1cc(Cl)ccc1Cl. The van der Waals surface area contributed by atoms with E-state index < -0.39 is 0 Å². The molecule has 100 valence electrons. The van der Waals surface area contributed by atoms with E-state index in [-0.39, 0.29) is 6.04 Å². The fraction of sp³-hybridized carbons (Fsp3) is 0.231. The van der Waals surface area contributed by atoms with Crippen LogP contribution in [0.2, 0.25) is 10.0 Å². The average Bonchev–Trinajstić information content (AvgIpc) is 2.44. The minimum atomic E-state index is -0.178. The van der Waals surface area contributed by atoms with Crippen molar-refractivity contribution >= 4 is 23.2 Å². The van der Waals surface area contributed by atoms with Crippen LogP contribution in [-0.4, -0.2) is 24.1 Å². The largest absolute Gasteiger partial charge is 0.481 e. The van der Waals surface area contributed by atoms with Crippen molar-refractivity contribution in [1.29, 1.82) is 0 Å². The first-order chi connectivity index (χ1) is 9.15. The molecule has 1 heterocycles. The first-order valence-electron chi connectivity index (χ1n) is 5.64. The standard InChI is InChI=1S/C13H13Cl2N3O/c1-16-13(9-5-8(14)3-4-10(9)15)11-6-12(19-2)18-7-17-11/h3-7,13,16H,1-2H3. The molecule has 2 aromatic rings. The Balaban J connectivity index is 2.46. The van der Waals surface area contributed by atoms with Crippen LogP contribution in [0.1, 0.15) is 17.3 Å². The van der Waals surface area contributed by atoms with Crippen molar-refractivity contribution in [2.45, 2.75) is 6.04 Å². The Labute approximate surface area is 121 Å². The van der Waals surface area contributed by atoms with Crippen molar-refractivity contribution in [3.63, 3.8) is 0 Å². The molecule has 1 atom stereocenters. The number of aromatic nitrogens is 2. The van der Waals surface area contributed by atoms with Crippen LogP contribution in [0, 0.1) is 0 Å². The van der Waals surface area contributed by atoms with Crippen molar-refractivity contribution in [2.24, 2.45) is 0 Å². The number of hydrogen-bond donors (Lipinski definition) is 1. The third-order valence-corrected chi connectivity index (χ3v) is 3.31. The molecule has 1 aromatic carbocycles. The summed E-state index contributed by atoms with van der Waals surface area (Å²) in [7, 11) is 3.39. The smallest absolute Gasteiger partial charge is 0.216 e.